The monoisotopic (exact) mass is 540 g/mol. The van der Waals surface area contributed by atoms with Crippen molar-refractivity contribution >= 4 is 44.0 Å². The van der Waals surface area contributed by atoms with Crippen LogP contribution in [0.5, 0.6) is 0 Å². The Bertz CT molecular complexity index is 1700. The molecular formula is C30H29BrN4O. The number of aryl methyl sites for hydroxylation is 1. The maximum Gasteiger partial charge on any atom is 0.282 e. The van der Waals surface area contributed by atoms with E-state index in [1.165, 1.54) is 15.8 Å². The van der Waals surface area contributed by atoms with Gasteiger partial charge in [0.25, 0.3) is 5.56 Å². The fraction of sp³-hybridized carbons (Fsp3) is 0.233. The third kappa shape index (κ3) is 4.42. The topological polar surface area (TPSA) is 52.2 Å². The van der Waals surface area contributed by atoms with Gasteiger partial charge in [-0.05, 0) is 43.7 Å². The molecular weight excluding hydrogens is 512 g/mol. The Morgan fingerprint density at radius 1 is 0.972 bits per heavy atom. The lowest BCUT2D eigenvalue weighted by molar-refractivity contribution is 0.506. The molecule has 2 heterocycles. The minimum absolute atomic E-state index is 0.177. The molecule has 182 valence electrons. The molecule has 0 aliphatic rings. The highest BCUT2D eigenvalue weighted by Crippen LogP contribution is 2.27. The van der Waals surface area contributed by atoms with Gasteiger partial charge in [0.15, 0.2) is 0 Å². The van der Waals surface area contributed by atoms with Crippen molar-refractivity contribution < 1.29 is 0 Å². The summed E-state index contributed by atoms with van der Waals surface area (Å²) in [5, 5.41) is 6.40. The van der Waals surface area contributed by atoms with Crippen molar-refractivity contribution in [3.8, 4) is 0 Å². The molecule has 0 fully saturated rings. The molecule has 5 aromatic rings. The zero-order valence-electron chi connectivity index (χ0n) is 21.2. The number of hydrogen-bond acceptors (Lipinski definition) is 3. The Labute approximate surface area is 219 Å². The molecule has 5 nitrogen and oxygen atoms in total. The van der Waals surface area contributed by atoms with Crippen molar-refractivity contribution in [1.29, 1.82) is 0 Å². The number of rotatable bonds is 4. The molecule has 0 N–H and O–H groups in total. The maximum atomic E-state index is 13.6. The molecule has 0 aliphatic carbocycles. The largest absolute Gasteiger partial charge is 0.340 e. The third-order valence-corrected chi connectivity index (χ3v) is 6.98. The van der Waals surface area contributed by atoms with Crippen LogP contribution in [0.1, 0.15) is 49.0 Å². The lowest BCUT2D eigenvalue weighted by atomic mass is 9.95. The zero-order chi connectivity index (χ0) is 25.6. The van der Waals surface area contributed by atoms with Gasteiger partial charge in [0.05, 0.1) is 17.1 Å². The van der Waals surface area contributed by atoms with Crippen LogP contribution in [0.25, 0.3) is 21.8 Å². The molecule has 0 amide bonds. The van der Waals surface area contributed by atoms with Crippen molar-refractivity contribution in [1.82, 2.24) is 14.2 Å². The average Bonchev–Trinajstić information content (AvgIpc) is 3.09. The quantitative estimate of drug-likeness (QED) is 0.231. The predicted molar refractivity (Wildman–Crippen MR) is 152 cm³/mol. The van der Waals surface area contributed by atoms with E-state index in [9.17, 15) is 4.79 Å². The minimum Gasteiger partial charge on any atom is -0.340 e. The SMILES string of the molecule is Cc1cccc(Cn2c(C)c(C=Nn3c(C(C)(C)C)nc4ccc(Br)cc4c3=O)c3ccccc32)c1. The first kappa shape index (κ1) is 24.2. The van der Waals surface area contributed by atoms with Crippen LogP contribution in [-0.2, 0) is 12.0 Å². The Balaban J connectivity index is 1.68. The zero-order valence-corrected chi connectivity index (χ0v) is 22.8. The molecule has 0 saturated heterocycles. The van der Waals surface area contributed by atoms with Crippen LogP contribution < -0.4 is 5.56 Å². The average molecular weight is 541 g/mol. The fourth-order valence-corrected chi connectivity index (χ4v) is 5.04. The number of hydrogen-bond donors (Lipinski definition) is 0. The van der Waals surface area contributed by atoms with Crippen LogP contribution in [0.15, 0.2) is 81.1 Å². The van der Waals surface area contributed by atoms with Crippen molar-refractivity contribution in [3.63, 3.8) is 0 Å². The van der Waals surface area contributed by atoms with Crippen LogP contribution in [0.4, 0.5) is 0 Å². The summed E-state index contributed by atoms with van der Waals surface area (Å²) >= 11 is 3.48. The number of para-hydroxylation sites is 1. The second kappa shape index (κ2) is 9.17. The van der Waals surface area contributed by atoms with Gasteiger partial charge in [-0.2, -0.15) is 9.78 Å². The number of halogens is 1. The van der Waals surface area contributed by atoms with E-state index in [0.717, 1.165) is 33.2 Å². The minimum atomic E-state index is -0.369. The molecule has 0 radical (unpaired) electrons. The Morgan fingerprint density at radius 3 is 2.50 bits per heavy atom. The van der Waals surface area contributed by atoms with Gasteiger partial charge in [0.1, 0.15) is 5.82 Å². The predicted octanol–water partition coefficient (Wildman–Crippen LogP) is 6.96. The normalized spacial score (nSPS) is 12.3. The molecule has 5 rings (SSSR count). The first-order valence-electron chi connectivity index (χ1n) is 12.0. The van der Waals surface area contributed by atoms with Gasteiger partial charge in [-0.3, -0.25) is 4.79 Å². The van der Waals surface area contributed by atoms with E-state index in [-0.39, 0.29) is 11.0 Å². The number of aromatic nitrogens is 3. The Morgan fingerprint density at radius 2 is 1.75 bits per heavy atom. The smallest absolute Gasteiger partial charge is 0.282 e. The van der Waals surface area contributed by atoms with Gasteiger partial charge < -0.3 is 4.57 Å². The highest BCUT2D eigenvalue weighted by molar-refractivity contribution is 9.10. The van der Waals surface area contributed by atoms with E-state index in [0.29, 0.717) is 16.7 Å². The Hall–Kier alpha value is -3.51. The van der Waals surface area contributed by atoms with E-state index in [2.05, 4.69) is 76.8 Å². The van der Waals surface area contributed by atoms with E-state index in [4.69, 9.17) is 10.1 Å². The molecule has 0 spiro atoms. The highest BCUT2D eigenvalue weighted by atomic mass is 79.9. The molecule has 0 unspecified atom stereocenters. The standard InChI is InChI=1S/C30H29BrN4O/c1-19-9-8-10-21(15-19)18-34-20(2)25(23-11-6-7-12-27(23)34)17-32-35-28(36)24-16-22(31)13-14-26(24)33-29(35)30(3,4)5/h6-17H,18H2,1-5H3. The summed E-state index contributed by atoms with van der Waals surface area (Å²) in [5.74, 6) is 0.625. The molecule has 0 atom stereocenters. The maximum absolute atomic E-state index is 13.6. The summed E-state index contributed by atoms with van der Waals surface area (Å²) in [7, 11) is 0. The van der Waals surface area contributed by atoms with Gasteiger partial charge in [-0.25, -0.2) is 4.98 Å². The van der Waals surface area contributed by atoms with Crippen molar-refractivity contribution in [2.24, 2.45) is 5.10 Å². The van der Waals surface area contributed by atoms with Crippen molar-refractivity contribution in [2.75, 3.05) is 0 Å². The van der Waals surface area contributed by atoms with Gasteiger partial charge in [-0.1, -0.05) is 84.7 Å². The van der Waals surface area contributed by atoms with E-state index in [1.54, 1.807) is 0 Å². The third-order valence-electron chi connectivity index (χ3n) is 6.48. The molecule has 36 heavy (non-hydrogen) atoms. The molecule has 0 saturated carbocycles. The molecule has 2 aromatic heterocycles. The van der Waals surface area contributed by atoms with E-state index in [1.807, 2.05) is 51.3 Å². The van der Waals surface area contributed by atoms with Crippen LogP contribution in [0, 0.1) is 13.8 Å². The first-order valence-corrected chi connectivity index (χ1v) is 12.8. The van der Waals surface area contributed by atoms with E-state index < -0.39 is 0 Å². The van der Waals surface area contributed by atoms with Crippen LogP contribution in [0.3, 0.4) is 0 Å². The summed E-state index contributed by atoms with van der Waals surface area (Å²) < 4.78 is 4.61. The van der Waals surface area contributed by atoms with Crippen molar-refractivity contribution in [2.45, 2.75) is 46.6 Å². The van der Waals surface area contributed by atoms with Gasteiger partial charge in [0.2, 0.25) is 0 Å². The van der Waals surface area contributed by atoms with E-state index >= 15 is 0 Å². The second-order valence-corrected chi connectivity index (χ2v) is 11.2. The first-order chi connectivity index (χ1) is 17.1. The number of nitrogens with zero attached hydrogens (tertiary/aromatic N) is 4. The lowest BCUT2D eigenvalue weighted by Gasteiger charge is -2.20. The second-order valence-electron chi connectivity index (χ2n) is 10.3. The summed E-state index contributed by atoms with van der Waals surface area (Å²) in [6.07, 6.45) is 1.81. The highest BCUT2D eigenvalue weighted by Gasteiger charge is 2.23. The molecule has 0 aliphatic heterocycles. The summed E-state index contributed by atoms with van der Waals surface area (Å²) in [5.41, 5.74) is 5.86. The van der Waals surface area contributed by atoms with Gasteiger partial charge in [0, 0.05) is 38.6 Å². The summed E-state index contributed by atoms with van der Waals surface area (Å²) in [4.78, 5) is 18.4. The molecule has 0 bridgehead atoms. The lowest BCUT2D eigenvalue weighted by Crippen LogP contribution is -2.29. The van der Waals surface area contributed by atoms with Gasteiger partial charge >= 0.3 is 0 Å². The van der Waals surface area contributed by atoms with Gasteiger partial charge in [-0.15, -0.1) is 0 Å². The molecule has 6 heteroatoms. The van der Waals surface area contributed by atoms with Crippen LogP contribution in [-0.4, -0.2) is 20.4 Å². The summed E-state index contributed by atoms with van der Waals surface area (Å²) in [6.45, 7) is 11.1. The number of fused-ring (bicyclic) bond motifs is 2. The number of benzene rings is 3. The Kier molecular flexibility index (Phi) is 6.17. The van der Waals surface area contributed by atoms with Crippen LogP contribution in [0.2, 0.25) is 0 Å². The summed E-state index contributed by atoms with van der Waals surface area (Å²) in [6, 6.07) is 22.5. The van der Waals surface area contributed by atoms with Crippen LogP contribution >= 0.6 is 15.9 Å². The molecule has 3 aromatic carbocycles. The van der Waals surface area contributed by atoms with Crippen molar-refractivity contribution in [3.05, 3.63) is 110 Å². The fourth-order valence-electron chi connectivity index (χ4n) is 4.67.